The molecule has 0 spiro atoms. The highest BCUT2D eigenvalue weighted by Gasteiger charge is 2.44. The number of amidine groups is 1. The standard InChI is InChI=1S/C26H28F4N8O2/c1-14(26(28,29)30)38-20(7-8-34-38)17-12-19(35-22(17)23(32)33-13-31)16-5-6-18(27)21(11-16)36-9-10-37(15(2)39)25(3,4)24(36)40/h5-8,11-14,35H,9-10H2,1-4H3,(H3,31,32,33). The highest BCUT2D eigenvalue weighted by molar-refractivity contribution is 6.06. The van der Waals surface area contributed by atoms with E-state index >= 15 is 4.39 Å². The summed E-state index contributed by atoms with van der Waals surface area (Å²) in [6, 6.07) is 5.01. The van der Waals surface area contributed by atoms with Gasteiger partial charge in [0.1, 0.15) is 29.6 Å². The molecule has 2 aromatic heterocycles. The Morgan fingerprint density at radius 3 is 2.58 bits per heavy atom. The van der Waals surface area contributed by atoms with E-state index in [1.165, 1.54) is 53.3 Å². The molecule has 4 N–H and O–H groups in total. The molecule has 0 aliphatic carbocycles. The van der Waals surface area contributed by atoms with Gasteiger partial charge in [-0.05, 0) is 51.1 Å². The van der Waals surface area contributed by atoms with Crippen molar-refractivity contribution in [3.05, 3.63) is 48.0 Å². The zero-order valence-corrected chi connectivity index (χ0v) is 22.2. The molecule has 3 heterocycles. The van der Waals surface area contributed by atoms with Crippen molar-refractivity contribution in [1.82, 2.24) is 19.7 Å². The second-order valence-electron chi connectivity index (χ2n) is 9.85. The minimum absolute atomic E-state index is 0.0201. The predicted octanol–water partition coefficient (Wildman–Crippen LogP) is 4.09. The van der Waals surface area contributed by atoms with Crippen LogP contribution >= 0.6 is 0 Å². The largest absolute Gasteiger partial charge is 0.410 e. The average Bonchev–Trinajstić information content (AvgIpc) is 3.52. The minimum atomic E-state index is -4.58. The van der Waals surface area contributed by atoms with E-state index in [4.69, 9.17) is 11.1 Å². The van der Waals surface area contributed by atoms with E-state index in [2.05, 4.69) is 15.1 Å². The van der Waals surface area contributed by atoms with Gasteiger partial charge >= 0.3 is 6.18 Å². The first-order chi connectivity index (χ1) is 18.7. The van der Waals surface area contributed by atoms with Crippen molar-refractivity contribution in [3.63, 3.8) is 0 Å². The van der Waals surface area contributed by atoms with Crippen LogP contribution in [0.1, 0.15) is 39.4 Å². The monoisotopic (exact) mass is 560 g/mol. The maximum Gasteiger partial charge on any atom is 0.410 e. The summed E-state index contributed by atoms with van der Waals surface area (Å²) in [5.74, 6) is -1.58. The molecule has 14 heteroatoms. The van der Waals surface area contributed by atoms with Crippen molar-refractivity contribution in [2.45, 2.75) is 45.5 Å². The number of halogens is 4. The summed E-state index contributed by atoms with van der Waals surface area (Å²) >= 11 is 0. The Balaban J connectivity index is 1.82. The van der Waals surface area contributed by atoms with E-state index < -0.39 is 29.5 Å². The van der Waals surface area contributed by atoms with Gasteiger partial charge in [-0.15, -0.1) is 0 Å². The minimum Gasteiger partial charge on any atom is -0.382 e. The summed E-state index contributed by atoms with van der Waals surface area (Å²) in [4.78, 5) is 34.8. The van der Waals surface area contributed by atoms with Gasteiger partial charge in [-0.1, -0.05) is 0 Å². The zero-order chi connectivity index (χ0) is 29.6. The zero-order valence-electron chi connectivity index (χ0n) is 22.2. The lowest BCUT2D eigenvalue weighted by Crippen LogP contribution is -2.64. The Hall–Kier alpha value is -4.49. The van der Waals surface area contributed by atoms with Crippen molar-refractivity contribution < 1.29 is 27.2 Å². The quantitative estimate of drug-likeness (QED) is 0.238. The number of hydrogen-bond donors (Lipinski definition) is 3. The Kier molecular flexibility index (Phi) is 7.30. The maximum absolute atomic E-state index is 15.1. The van der Waals surface area contributed by atoms with Crippen LogP contribution in [0.5, 0.6) is 0 Å². The van der Waals surface area contributed by atoms with Gasteiger partial charge in [0, 0.05) is 43.0 Å². The van der Waals surface area contributed by atoms with Crippen molar-refractivity contribution in [3.8, 4) is 22.5 Å². The molecule has 3 aromatic rings. The molecular formula is C26H28F4N8O2. The van der Waals surface area contributed by atoms with Gasteiger partial charge in [0.05, 0.1) is 17.1 Å². The number of piperazine rings is 1. The first-order valence-corrected chi connectivity index (χ1v) is 12.2. The normalized spacial score (nSPS) is 16.8. The third-order valence-corrected chi connectivity index (χ3v) is 6.98. The average molecular weight is 561 g/mol. The predicted molar refractivity (Wildman–Crippen MR) is 142 cm³/mol. The van der Waals surface area contributed by atoms with Crippen molar-refractivity contribution in [2.75, 3.05) is 18.0 Å². The lowest BCUT2D eigenvalue weighted by atomic mass is 9.96. The molecule has 0 saturated carbocycles. The van der Waals surface area contributed by atoms with Gasteiger partial charge in [0.15, 0.2) is 0 Å². The molecule has 212 valence electrons. The third kappa shape index (κ3) is 4.96. The number of nitrogens with zero attached hydrogens (tertiary/aromatic N) is 5. The van der Waals surface area contributed by atoms with E-state index in [9.17, 15) is 22.8 Å². The van der Waals surface area contributed by atoms with Crippen LogP contribution < -0.4 is 10.6 Å². The Labute approximate surface area is 227 Å². The second-order valence-corrected chi connectivity index (χ2v) is 9.85. The van der Waals surface area contributed by atoms with Crippen LogP contribution in [0.3, 0.4) is 0 Å². The fourth-order valence-corrected chi connectivity index (χ4v) is 4.82. The number of carbonyl (C=O) groups excluding carboxylic acids is 2. The molecular weight excluding hydrogens is 532 g/mol. The molecule has 1 fully saturated rings. The second kappa shape index (κ2) is 10.2. The molecule has 1 unspecified atom stereocenters. The molecule has 0 radical (unpaired) electrons. The SMILES string of the molecule is CC(=O)N1CCN(c2cc(-c3cc(-c4ccnn4C(C)C(F)(F)F)c(C(N)=NC=N)[nH]3)ccc2F)C(=O)C1(C)C. The molecule has 4 rings (SSSR count). The van der Waals surface area contributed by atoms with Crippen LogP contribution in [-0.4, -0.2) is 68.5 Å². The van der Waals surface area contributed by atoms with E-state index in [0.717, 1.165) is 11.6 Å². The van der Waals surface area contributed by atoms with Crippen LogP contribution in [0.15, 0.2) is 41.5 Å². The van der Waals surface area contributed by atoms with Crippen LogP contribution in [-0.2, 0) is 9.59 Å². The Morgan fingerprint density at radius 1 is 1.25 bits per heavy atom. The van der Waals surface area contributed by atoms with Crippen LogP contribution in [0.25, 0.3) is 22.5 Å². The molecule has 1 aliphatic heterocycles. The number of aromatic amines is 1. The van der Waals surface area contributed by atoms with Gasteiger partial charge in [-0.25, -0.2) is 9.38 Å². The Morgan fingerprint density at radius 2 is 1.95 bits per heavy atom. The molecule has 40 heavy (non-hydrogen) atoms. The van der Waals surface area contributed by atoms with Gasteiger partial charge in [-0.3, -0.25) is 19.7 Å². The summed E-state index contributed by atoms with van der Waals surface area (Å²) in [6.07, 6.45) is -2.66. The molecule has 1 atom stereocenters. The molecule has 2 amide bonds. The number of anilines is 1. The van der Waals surface area contributed by atoms with Gasteiger partial charge in [-0.2, -0.15) is 18.3 Å². The number of aliphatic imine (C=N–C) groups is 1. The highest BCUT2D eigenvalue weighted by Crippen LogP contribution is 2.37. The van der Waals surface area contributed by atoms with Crippen molar-refractivity contribution in [2.24, 2.45) is 10.7 Å². The first kappa shape index (κ1) is 28.5. The van der Waals surface area contributed by atoms with Crippen LogP contribution in [0.2, 0.25) is 0 Å². The number of H-pyrrole nitrogens is 1. The topological polar surface area (TPSA) is 136 Å². The number of benzene rings is 1. The highest BCUT2D eigenvalue weighted by atomic mass is 19.4. The van der Waals surface area contributed by atoms with Crippen LogP contribution in [0.4, 0.5) is 23.2 Å². The fourth-order valence-electron chi connectivity index (χ4n) is 4.82. The third-order valence-electron chi connectivity index (χ3n) is 6.98. The summed E-state index contributed by atoms with van der Waals surface area (Å²) in [5.41, 5.74) is 6.01. The number of nitrogens with one attached hydrogen (secondary N) is 2. The van der Waals surface area contributed by atoms with Crippen molar-refractivity contribution >= 4 is 29.7 Å². The van der Waals surface area contributed by atoms with Crippen LogP contribution in [0, 0.1) is 11.2 Å². The number of carbonyl (C=O) groups is 2. The molecule has 1 aromatic carbocycles. The number of rotatable bonds is 6. The summed E-state index contributed by atoms with van der Waals surface area (Å²) < 4.78 is 56.5. The fraction of sp³-hybridized carbons (Fsp3) is 0.346. The van der Waals surface area contributed by atoms with E-state index in [-0.39, 0.29) is 47.5 Å². The van der Waals surface area contributed by atoms with E-state index in [0.29, 0.717) is 17.6 Å². The Bertz CT molecular complexity index is 1500. The van der Waals surface area contributed by atoms with Gasteiger partial charge in [0.25, 0.3) is 5.91 Å². The van der Waals surface area contributed by atoms with Gasteiger partial charge < -0.3 is 20.5 Å². The van der Waals surface area contributed by atoms with E-state index in [1.54, 1.807) is 13.8 Å². The van der Waals surface area contributed by atoms with E-state index in [1.807, 2.05) is 0 Å². The first-order valence-electron chi connectivity index (χ1n) is 12.2. The molecule has 1 saturated heterocycles. The molecule has 1 aliphatic rings. The summed E-state index contributed by atoms with van der Waals surface area (Å²) in [7, 11) is 0. The summed E-state index contributed by atoms with van der Waals surface area (Å²) in [5, 5.41) is 11.1. The number of aromatic nitrogens is 3. The molecule has 10 nitrogen and oxygen atoms in total. The maximum atomic E-state index is 15.1. The van der Waals surface area contributed by atoms with Gasteiger partial charge in [0.2, 0.25) is 5.91 Å². The number of amides is 2. The molecule has 0 bridgehead atoms. The van der Waals surface area contributed by atoms with Crippen molar-refractivity contribution in [1.29, 1.82) is 5.41 Å². The number of nitrogens with two attached hydrogens (primary N) is 1. The number of hydrogen-bond acceptors (Lipinski definition) is 4. The smallest absolute Gasteiger partial charge is 0.382 e. The lowest BCUT2D eigenvalue weighted by Gasteiger charge is -2.45. The lowest BCUT2D eigenvalue weighted by molar-refractivity contribution is -0.165. The number of alkyl halides is 3. The summed E-state index contributed by atoms with van der Waals surface area (Å²) in [6.45, 7) is 5.77.